The lowest BCUT2D eigenvalue weighted by Gasteiger charge is -2.20. The molecule has 0 saturated carbocycles. The Labute approximate surface area is 221 Å². The fourth-order valence-corrected chi connectivity index (χ4v) is 4.66. The van der Waals surface area contributed by atoms with Gasteiger partial charge in [-0.25, -0.2) is 9.69 Å². The lowest BCUT2D eigenvalue weighted by molar-refractivity contribution is -0.0505. The van der Waals surface area contributed by atoms with E-state index in [0.29, 0.717) is 0 Å². The van der Waals surface area contributed by atoms with Crippen LogP contribution in [0.1, 0.15) is 0 Å². The molecule has 0 radical (unpaired) electrons. The molecular weight excluding hydrogens is 590 g/mol. The standard InChI is InChI=1S/C24H10F6N2O6S2/c1-31-15-5-7-17-13(11-15)3-9-19(37-39(33,34)23(25,26)27)21(17)22-18-8-6-16(32-2)12-14(18)4-10-20(22)38-40(35,36)24(28,29)30/h3-12H. The second kappa shape index (κ2) is 9.58. The van der Waals surface area contributed by atoms with Crippen LogP contribution < -0.4 is 8.37 Å². The fraction of sp³-hybridized carbons (Fsp3) is 0.0833. The second-order valence-electron chi connectivity index (χ2n) is 7.88. The summed E-state index contributed by atoms with van der Waals surface area (Å²) in [6.07, 6.45) is 0. The molecule has 0 aliphatic rings. The van der Waals surface area contributed by atoms with E-state index in [1.54, 1.807) is 0 Å². The van der Waals surface area contributed by atoms with Crippen LogP contribution in [0.4, 0.5) is 37.7 Å². The highest BCUT2D eigenvalue weighted by Gasteiger charge is 2.50. The van der Waals surface area contributed by atoms with E-state index in [1.807, 2.05) is 0 Å². The molecule has 0 fully saturated rings. The number of hydrogen-bond donors (Lipinski definition) is 0. The third-order valence-corrected chi connectivity index (χ3v) is 7.34. The topological polar surface area (TPSA) is 95.5 Å². The Hall–Kier alpha value is -4.54. The molecule has 0 amide bonds. The Balaban J connectivity index is 2.19. The first kappa shape index (κ1) is 28.5. The molecule has 4 rings (SSSR count). The van der Waals surface area contributed by atoms with E-state index in [4.69, 9.17) is 13.1 Å². The van der Waals surface area contributed by atoms with Crippen LogP contribution in [-0.2, 0) is 20.2 Å². The van der Waals surface area contributed by atoms with Gasteiger partial charge in [-0.1, -0.05) is 36.4 Å². The number of rotatable bonds is 5. The van der Waals surface area contributed by atoms with Crippen molar-refractivity contribution in [1.29, 1.82) is 0 Å². The van der Waals surface area contributed by atoms with Crippen LogP contribution in [0.2, 0.25) is 0 Å². The largest absolute Gasteiger partial charge is 0.534 e. The quantitative estimate of drug-likeness (QED) is 0.104. The smallest absolute Gasteiger partial charge is 0.375 e. The average molecular weight is 600 g/mol. The van der Waals surface area contributed by atoms with Crippen molar-refractivity contribution in [3.63, 3.8) is 0 Å². The third-order valence-electron chi connectivity index (χ3n) is 5.40. The molecule has 206 valence electrons. The predicted octanol–water partition coefficient (Wildman–Crippen LogP) is 7.22. The van der Waals surface area contributed by atoms with Crippen molar-refractivity contribution >= 4 is 53.2 Å². The molecule has 0 unspecified atom stereocenters. The van der Waals surface area contributed by atoms with Crippen molar-refractivity contribution in [3.8, 4) is 22.6 Å². The Morgan fingerprint density at radius 2 is 0.925 bits per heavy atom. The molecule has 0 N–H and O–H groups in total. The molecule has 0 heterocycles. The maximum Gasteiger partial charge on any atom is 0.534 e. The lowest BCUT2D eigenvalue weighted by atomic mass is 9.92. The van der Waals surface area contributed by atoms with E-state index < -0.39 is 53.9 Å². The van der Waals surface area contributed by atoms with Gasteiger partial charge >= 0.3 is 31.3 Å². The molecule has 0 aliphatic carbocycles. The monoisotopic (exact) mass is 600 g/mol. The van der Waals surface area contributed by atoms with Gasteiger partial charge in [-0.05, 0) is 45.8 Å². The molecule has 8 nitrogen and oxygen atoms in total. The number of nitrogens with zero attached hydrogens (tertiary/aromatic N) is 2. The number of hydrogen-bond acceptors (Lipinski definition) is 6. The van der Waals surface area contributed by atoms with Crippen LogP contribution in [0.25, 0.3) is 42.4 Å². The van der Waals surface area contributed by atoms with E-state index in [1.165, 1.54) is 36.4 Å². The third kappa shape index (κ3) is 5.06. The Morgan fingerprint density at radius 3 is 1.23 bits per heavy atom. The number of alkyl halides is 6. The predicted molar refractivity (Wildman–Crippen MR) is 131 cm³/mol. The normalized spacial score (nSPS) is 12.6. The molecule has 0 atom stereocenters. The summed E-state index contributed by atoms with van der Waals surface area (Å²) in [5, 5.41) is -0.0316. The van der Waals surface area contributed by atoms with Crippen LogP contribution >= 0.6 is 0 Å². The molecular formula is C24H10F6N2O6S2. The van der Waals surface area contributed by atoms with Crippen molar-refractivity contribution in [2.45, 2.75) is 11.0 Å². The summed E-state index contributed by atoms with van der Waals surface area (Å²) in [5.41, 5.74) is -12.9. The van der Waals surface area contributed by atoms with Gasteiger partial charge in [0.25, 0.3) is 0 Å². The summed E-state index contributed by atoms with van der Waals surface area (Å²) >= 11 is 0. The van der Waals surface area contributed by atoms with E-state index in [0.717, 1.165) is 24.3 Å². The minimum absolute atomic E-state index is 0.0470. The first-order valence-corrected chi connectivity index (χ1v) is 13.2. The Morgan fingerprint density at radius 1 is 0.575 bits per heavy atom. The maximum absolute atomic E-state index is 13.2. The summed E-state index contributed by atoms with van der Waals surface area (Å²) in [5.74, 6) is -2.06. The van der Waals surface area contributed by atoms with Crippen LogP contribution in [0.5, 0.6) is 11.5 Å². The molecule has 4 aromatic rings. The molecule has 0 spiro atoms. The van der Waals surface area contributed by atoms with Gasteiger partial charge in [0.2, 0.25) is 0 Å². The summed E-state index contributed by atoms with van der Waals surface area (Å²) in [7, 11) is -12.7. The first-order chi connectivity index (χ1) is 18.5. The lowest BCUT2D eigenvalue weighted by Crippen LogP contribution is -2.28. The molecule has 0 aliphatic heterocycles. The second-order valence-corrected chi connectivity index (χ2v) is 11.0. The highest BCUT2D eigenvalue weighted by molar-refractivity contribution is 7.88. The molecule has 4 aromatic carbocycles. The molecule has 0 aromatic heterocycles. The zero-order valence-corrected chi connectivity index (χ0v) is 20.8. The SMILES string of the molecule is [C-]#[N+]c1ccc2c(-c3c(OS(=O)(=O)C(F)(F)F)ccc4cc([N+]#[C-])ccc34)c(OS(=O)(=O)C(F)(F)F)ccc2c1. The maximum atomic E-state index is 13.2. The van der Waals surface area contributed by atoms with Gasteiger partial charge in [-0.15, -0.1) is 0 Å². The van der Waals surface area contributed by atoms with E-state index in [-0.39, 0.29) is 32.9 Å². The summed E-state index contributed by atoms with van der Waals surface area (Å²) in [6.45, 7) is 14.4. The molecule has 0 bridgehead atoms. The van der Waals surface area contributed by atoms with Crippen molar-refractivity contribution in [2.75, 3.05) is 0 Å². The Kier molecular flexibility index (Phi) is 6.82. The number of benzene rings is 4. The summed E-state index contributed by atoms with van der Waals surface area (Å²) < 4.78 is 136. The van der Waals surface area contributed by atoms with E-state index >= 15 is 0 Å². The minimum atomic E-state index is -6.33. The van der Waals surface area contributed by atoms with Crippen molar-refractivity contribution in [3.05, 3.63) is 83.5 Å². The number of halogens is 6. The van der Waals surface area contributed by atoms with Crippen LogP contribution in [0.3, 0.4) is 0 Å². The van der Waals surface area contributed by atoms with Gasteiger partial charge in [0.15, 0.2) is 22.9 Å². The zero-order chi connectivity index (χ0) is 29.7. The first-order valence-electron chi connectivity index (χ1n) is 10.4. The van der Waals surface area contributed by atoms with Crippen molar-refractivity contribution in [1.82, 2.24) is 0 Å². The van der Waals surface area contributed by atoms with Crippen molar-refractivity contribution < 1.29 is 51.5 Å². The van der Waals surface area contributed by atoms with Crippen LogP contribution in [-0.4, -0.2) is 27.9 Å². The van der Waals surface area contributed by atoms with Gasteiger partial charge in [-0.2, -0.15) is 43.2 Å². The number of fused-ring (bicyclic) bond motifs is 2. The zero-order valence-electron chi connectivity index (χ0n) is 19.2. The van der Waals surface area contributed by atoms with Gasteiger partial charge in [0.1, 0.15) is 0 Å². The highest BCUT2D eigenvalue weighted by atomic mass is 32.2. The van der Waals surface area contributed by atoms with Crippen LogP contribution in [0, 0.1) is 13.1 Å². The molecule has 0 saturated heterocycles. The van der Waals surface area contributed by atoms with E-state index in [9.17, 15) is 43.2 Å². The Bertz CT molecular complexity index is 1850. The van der Waals surface area contributed by atoms with E-state index in [2.05, 4.69) is 18.1 Å². The van der Waals surface area contributed by atoms with Gasteiger partial charge in [0, 0.05) is 11.1 Å². The van der Waals surface area contributed by atoms with Gasteiger partial charge < -0.3 is 8.37 Å². The summed E-state index contributed by atoms with van der Waals surface area (Å²) in [4.78, 5) is 6.43. The average Bonchev–Trinajstić information content (AvgIpc) is 2.86. The fourth-order valence-electron chi connectivity index (χ4n) is 3.72. The molecule has 40 heavy (non-hydrogen) atoms. The summed E-state index contributed by atoms with van der Waals surface area (Å²) in [6, 6.07) is 11.0. The van der Waals surface area contributed by atoms with Crippen LogP contribution in [0.15, 0.2) is 60.7 Å². The molecule has 16 heteroatoms. The van der Waals surface area contributed by atoms with Gasteiger partial charge in [-0.3, -0.25) is 0 Å². The van der Waals surface area contributed by atoms with Crippen molar-refractivity contribution in [2.24, 2.45) is 0 Å². The highest BCUT2D eigenvalue weighted by Crippen LogP contribution is 2.48. The van der Waals surface area contributed by atoms with Gasteiger partial charge in [0.05, 0.1) is 13.1 Å². The minimum Gasteiger partial charge on any atom is -0.375 e.